The third kappa shape index (κ3) is 3.92. The van der Waals surface area contributed by atoms with Gasteiger partial charge in [-0.3, -0.25) is 0 Å². The van der Waals surface area contributed by atoms with Gasteiger partial charge in [0.1, 0.15) is 5.76 Å². The molecule has 3 aromatic rings. The number of nitrogens with one attached hydrogen (secondary N) is 2. The van der Waals surface area contributed by atoms with Gasteiger partial charge >= 0.3 is 6.03 Å². The Labute approximate surface area is 135 Å². The Morgan fingerprint density at radius 2 is 1.91 bits per heavy atom. The average molecular weight is 308 g/mol. The minimum Gasteiger partial charge on any atom is -0.469 e. The second-order valence-electron chi connectivity index (χ2n) is 5.65. The molecular weight excluding hydrogens is 288 g/mol. The Kier molecular flexibility index (Phi) is 4.62. The zero-order chi connectivity index (χ0) is 16.1. The van der Waals surface area contributed by atoms with Crippen LogP contribution >= 0.6 is 0 Å². The highest BCUT2D eigenvalue weighted by atomic mass is 16.3. The van der Waals surface area contributed by atoms with Crippen molar-refractivity contribution >= 4 is 16.8 Å². The van der Waals surface area contributed by atoms with Gasteiger partial charge in [0, 0.05) is 19.0 Å². The van der Waals surface area contributed by atoms with Crippen LogP contribution in [-0.4, -0.2) is 12.1 Å². The van der Waals surface area contributed by atoms with E-state index in [1.807, 2.05) is 43.3 Å². The molecule has 1 aromatic heterocycles. The maximum absolute atomic E-state index is 12.0. The number of amides is 2. The molecule has 118 valence electrons. The second-order valence-corrected chi connectivity index (χ2v) is 5.65. The molecule has 0 aliphatic carbocycles. The highest BCUT2D eigenvalue weighted by molar-refractivity contribution is 5.86. The van der Waals surface area contributed by atoms with Gasteiger partial charge in [-0.1, -0.05) is 42.5 Å². The van der Waals surface area contributed by atoms with Crippen molar-refractivity contribution in [3.8, 4) is 0 Å². The van der Waals surface area contributed by atoms with Gasteiger partial charge in [0.2, 0.25) is 0 Å². The zero-order valence-corrected chi connectivity index (χ0v) is 13.1. The first kappa shape index (κ1) is 15.2. The molecule has 1 unspecified atom stereocenters. The molecule has 1 atom stereocenters. The van der Waals surface area contributed by atoms with E-state index in [9.17, 15) is 4.79 Å². The quantitative estimate of drug-likeness (QED) is 0.752. The van der Waals surface area contributed by atoms with Crippen LogP contribution in [0.2, 0.25) is 0 Å². The molecule has 0 spiro atoms. The Morgan fingerprint density at radius 1 is 1.09 bits per heavy atom. The van der Waals surface area contributed by atoms with Crippen LogP contribution in [0.4, 0.5) is 4.79 Å². The maximum atomic E-state index is 12.0. The number of furan rings is 1. The topological polar surface area (TPSA) is 54.3 Å². The van der Waals surface area contributed by atoms with Crippen LogP contribution in [0, 0.1) is 0 Å². The number of rotatable bonds is 5. The van der Waals surface area contributed by atoms with E-state index >= 15 is 0 Å². The standard InChI is InChI=1S/C19H20N2O2/c1-14(12-17-9-5-11-23-17)21-19(22)20-13-16-8-4-7-15-6-2-3-10-18(15)16/h2-11,14H,12-13H2,1H3,(H2,20,21,22). The first-order valence-corrected chi connectivity index (χ1v) is 7.76. The summed E-state index contributed by atoms with van der Waals surface area (Å²) >= 11 is 0. The van der Waals surface area contributed by atoms with Crippen LogP contribution < -0.4 is 10.6 Å². The van der Waals surface area contributed by atoms with Gasteiger partial charge < -0.3 is 15.1 Å². The number of fused-ring (bicyclic) bond motifs is 1. The summed E-state index contributed by atoms with van der Waals surface area (Å²) in [6, 6.07) is 17.9. The largest absolute Gasteiger partial charge is 0.469 e. The fourth-order valence-electron chi connectivity index (χ4n) is 2.68. The molecule has 2 N–H and O–H groups in total. The molecule has 0 fully saturated rings. The number of hydrogen-bond donors (Lipinski definition) is 2. The Hall–Kier alpha value is -2.75. The van der Waals surface area contributed by atoms with Crippen LogP contribution in [0.25, 0.3) is 10.8 Å². The van der Waals surface area contributed by atoms with Crippen molar-refractivity contribution in [1.29, 1.82) is 0 Å². The van der Waals surface area contributed by atoms with Gasteiger partial charge in [0.25, 0.3) is 0 Å². The van der Waals surface area contributed by atoms with Gasteiger partial charge in [-0.15, -0.1) is 0 Å². The van der Waals surface area contributed by atoms with E-state index < -0.39 is 0 Å². The zero-order valence-electron chi connectivity index (χ0n) is 13.1. The van der Waals surface area contributed by atoms with Gasteiger partial charge in [0.15, 0.2) is 0 Å². The molecule has 4 nitrogen and oxygen atoms in total. The minimum absolute atomic E-state index is 0.00803. The molecule has 0 saturated heterocycles. The van der Waals surface area contributed by atoms with E-state index in [1.165, 1.54) is 10.8 Å². The molecule has 0 saturated carbocycles. The number of hydrogen-bond acceptors (Lipinski definition) is 2. The van der Waals surface area contributed by atoms with E-state index in [4.69, 9.17) is 4.42 Å². The van der Waals surface area contributed by atoms with Gasteiger partial charge in [-0.2, -0.15) is 0 Å². The fraction of sp³-hybridized carbons (Fsp3) is 0.211. The molecule has 0 radical (unpaired) electrons. The summed E-state index contributed by atoms with van der Waals surface area (Å²) in [5.74, 6) is 0.867. The minimum atomic E-state index is -0.169. The van der Waals surface area contributed by atoms with Crippen molar-refractivity contribution in [1.82, 2.24) is 10.6 Å². The van der Waals surface area contributed by atoms with E-state index in [-0.39, 0.29) is 12.1 Å². The van der Waals surface area contributed by atoms with Gasteiger partial charge in [-0.25, -0.2) is 4.79 Å². The van der Waals surface area contributed by atoms with E-state index in [0.717, 1.165) is 11.3 Å². The Balaban J connectivity index is 1.56. The van der Waals surface area contributed by atoms with Crippen LogP contribution in [0.3, 0.4) is 0 Å². The van der Waals surface area contributed by atoms with Crippen molar-refractivity contribution in [2.24, 2.45) is 0 Å². The molecule has 0 aliphatic rings. The molecular formula is C19H20N2O2. The average Bonchev–Trinajstić information content (AvgIpc) is 3.05. The highest BCUT2D eigenvalue weighted by Crippen LogP contribution is 2.18. The molecule has 1 heterocycles. The van der Waals surface area contributed by atoms with Crippen LogP contribution in [0.5, 0.6) is 0 Å². The first-order valence-electron chi connectivity index (χ1n) is 7.76. The van der Waals surface area contributed by atoms with Crippen LogP contribution in [0.1, 0.15) is 18.2 Å². The summed E-state index contributed by atoms with van der Waals surface area (Å²) < 4.78 is 5.29. The smallest absolute Gasteiger partial charge is 0.315 e. The Morgan fingerprint density at radius 3 is 2.74 bits per heavy atom. The van der Waals surface area contributed by atoms with Crippen LogP contribution in [0.15, 0.2) is 65.3 Å². The maximum Gasteiger partial charge on any atom is 0.315 e. The van der Waals surface area contributed by atoms with Crippen molar-refractivity contribution in [2.45, 2.75) is 25.9 Å². The third-order valence-corrected chi connectivity index (χ3v) is 3.78. The summed E-state index contributed by atoms with van der Waals surface area (Å²) in [7, 11) is 0. The van der Waals surface area contributed by atoms with Gasteiger partial charge in [-0.05, 0) is 35.4 Å². The lowest BCUT2D eigenvalue weighted by Crippen LogP contribution is -2.41. The van der Waals surface area contributed by atoms with E-state index in [0.29, 0.717) is 13.0 Å². The lowest BCUT2D eigenvalue weighted by molar-refractivity contribution is 0.237. The normalized spacial score (nSPS) is 12.0. The number of carbonyl (C=O) groups is 1. The number of carbonyl (C=O) groups excluding carboxylic acids is 1. The molecule has 3 rings (SSSR count). The van der Waals surface area contributed by atoms with E-state index in [2.05, 4.69) is 28.8 Å². The summed E-state index contributed by atoms with van der Waals surface area (Å²) in [5.41, 5.74) is 1.11. The fourth-order valence-corrected chi connectivity index (χ4v) is 2.68. The molecule has 0 aliphatic heterocycles. The third-order valence-electron chi connectivity index (χ3n) is 3.78. The van der Waals surface area contributed by atoms with Gasteiger partial charge in [0.05, 0.1) is 6.26 Å². The SMILES string of the molecule is CC(Cc1ccco1)NC(=O)NCc1cccc2ccccc12. The number of benzene rings is 2. The lowest BCUT2D eigenvalue weighted by Gasteiger charge is -2.14. The predicted octanol–water partition coefficient (Wildman–Crippen LogP) is 3.86. The summed E-state index contributed by atoms with van der Waals surface area (Å²) in [6.45, 7) is 2.46. The first-order chi connectivity index (χ1) is 11.2. The molecule has 4 heteroatoms. The molecule has 0 bridgehead atoms. The predicted molar refractivity (Wildman–Crippen MR) is 91.2 cm³/mol. The Bertz CT molecular complexity index is 776. The molecule has 23 heavy (non-hydrogen) atoms. The second kappa shape index (κ2) is 7.01. The summed E-state index contributed by atoms with van der Waals surface area (Å²) in [5, 5.41) is 8.19. The van der Waals surface area contributed by atoms with Crippen molar-refractivity contribution in [2.75, 3.05) is 0 Å². The lowest BCUT2D eigenvalue weighted by atomic mass is 10.0. The molecule has 2 aromatic carbocycles. The summed E-state index contributed by atoms with van der Waals surface area (Å²) in [6.07, 6.45) is 2.32. The van der Waals surface area contributed by atoms with E-state index in [1.54, 1.807) is 6.26 Å². The number of urea groups is 1. The van der Waals surface area contributed by atoms with Crippen molar-refractivity contribution < 1.29 is 9.21 Å². The summed E-state index contributed by atoms with van der Waals surface area (Å²) in [4.78, 5) is 12.0. The molecule has 2 amide bonds. The van der Waals surface area contributed by atoms with Crippen molar-refractivity contribution in [3.63, 3.8) is 0 Å². The van der Waals surface area contributed by atoms with Crippen molar-refractivity contribution in [3.05, 3.63) is 72.2 Å². The van der Waals surface area contributed by atoms with Crippen LogP contribution in [-0.2, 0) is 13.0 Å². The highest BCUT2D eigenvalue weighted by Gasteiger charge is 2.09. The monoisotopic (exact) mass is 308 g/mol.